The first-order valence-electron chi connectivity index (χ1n) is 5.09. The molecule has 16 heavy (non-hydrogen) atoms. The molecule has 4 heteroatoms. The molecule has 3 nitrogen and oxygen atoms in total. The summed E-state index contributed by atoms with van der Waals surface area (Å²) in [6.45, 7) is 3.64. The quantitative estimate of drug-likeness (QED) is 0.885. The minimum atomic E-state index is -0.409. The van der Waals surface area contributed by atoms with E-state index >= 15 is 0 Å². The lowest BCUT2D eigenvalue weighted by Gasteiger charge is -2.16. The minimum absolute atomic E-state index is 0.409. The summed E-state index contributed by atoms with van der Waals surface area (Å²) in [4.78, 5) is 0. The summed E-state index contributed by atoms with van der Waals surface area (Å²) in [5, 5.41) is 9.94. The van der Waals surface area contributed by atoms with Gasteiger partial charge in [-0.2, -0.15) is 0 Å². The first kappa shape index (κ1) is 13.1. The van der Waals surface area contributed by atoms with E-state index in [1.807, 2.05) is 13.0 Å². The minimum Gasteiger partial charge on any atom is -0.493 e. The van der Waals surface area contributed by atoms with Crippen LogP contribution in [0.15, 0.2) is 6.07 Å². The predicted octanol–water partition coefficient (Wildman–Crippen LogP) is 2.59. The number of methoxy groups -OCH3 is 2. The average Bonchev–Trinajstić information content (AvgIpc) is 2.24. The summed E-state index contributed by atoms with van der Waals surface area (Å²) in [5.41, 5.74) is 1.89. The lowest BCUT2D eigenvalue weighted by molar-refractivity contribution is 0.195. The fourth-order valence-electron chi connectivity index (χ4n) is 1.62. The second-order valence-electron chi connectivity index (χ2n) is 3.76. The summed E-state index contributed by atoms with van der Waals surface area (Å²) in [6, 6.07) is 1.85. The Morgan fingerprint density at radius 2 is 2.00 bits per heavy atom. The fourth-order valence-corrected chi connectivity index (χ4v) is 1.92. The van der Waals surface area contributed by atoms with Gasteiger partial charge >= 0.3 is 0 Å². The van der Waals surface area contributed by atoms with Crippen LogP contribution in [0.2, 0.25) is 5.02 Å². The SMILES string of the molecule is COc1cc(CC(C)O)c(C)c(Cl)c1OC. The molecule has 0 spiro atoms. The third-order valence-corrected chi connectivity index (χ3v) is 2.93. The van der Waals surface area contributed by atoms with Crippen molar-refractivity contribution in [1.82, 2.24) is 0 Å². The molecule has 1 unspecified atom stereocenters. The molecule has 1 aromatic rings. The number of hydrogen-bond acceptors (Lipinski definition) is 3. The van der Waals surface area contributed by atoms with Gasteiger partial charge < -0.3 is 14.6 Å². The van der Waals surface area contributed by atoms with Crippen molar-refractivity contribution in [2.75, 3.05) is 14.2 Å². The lowest BCUT2D eigenvalue weighted by atomic mass is 10.0. The van der Waals surface area contributed by atoms with Crippen molar-refractivity contribution in [3.63, 3.8) is 0 Å². The molecule has 0 aliphatic rings. The molecule has 0 amide bonds. The molecule has 1 aromatic carbocycles. The van der Waals surface area contributed by atoms with Crippen LogP contribution in [0.3, 0.4) is 0 Å². The van der Waals surface area contributed by atoms with E-state index in [-0.39, 0.29) is 0 Å². The van der Waals surface area contributed by atoms with Gasteiger partial charge in [-0.25, -0.2) is 0 Å². The van der Waals surface area contributed by atoms with Crippen LogP contribution in [0.5, 0.6) is 11.5 Å². The molecule has 0 heterocycles. The van der Waals surface area contributed by atoms with E-state index in [0.717, 1.165) is 11.1 Å². The molecule has 0 radical (unpaired) electrons. The molecular formula is C12H17ClO3. The van der Waals surface area contributed by atoms with Gasteiger partial charge in [-0.3, -0.25) is 0 Å². The smallest absolute Gasteiger partial charge is 0.179 e. The maximum Gasteiger partial charge on any atom is 0.179 e. The van der Waals surface area contributed by atoms with Gasteiger partial charge in [0.1, 0.15) is 0 Å². The third-order valence-electron chi connectivity index (χ3n) is 2.48. The van der Waals surface area contributed by atoms with Crippen LogP contribution in [0.25, 0.3) is 0 Å². The highest BCUT2D eigenvalue weighted by Crippen LogP contribution is 2.39. The number of benzene rings is 1. The summed E-state index contributed by atoms with van der Waals surface area (Å²) in [7, 11) is 3.12. The van der Waals surface area contributed by atoms with E-state index in [1.54, 1.807) is 21.1 Å². The van der Waals surface area contributed by atoms with Gasteiger partial charge in [-0.05, 0) is 37.5 Å². The average molecular weight is 245 g/mol. The molecule has 0 fully saturated rings. The number of rotatable bonds is 4. The molecule has 1 N–H and O–H groups in total. The topological polar surface area (TPSA) is 38.7 Å². The Morgan fingerprint density at radius 3 is 2.44 bits per heavy atom. The zero-order valence-corrected chi connectivity index (χ0v) is 10.8. The van der Waals surface area contributed by atoms with Gasteiger partial charge in [0, 0.05) is 0 Å². The molecule has 90 valence electrons. The Kier molecular flexibility index (Phi) is 4.44. The molecule has 1 atom stereocenters. The summed E-state index contributed by atoms with van der Waals surface area (Å²) in [5.74, 6) is 1.13. The van der Waals surface area contributed by atoms with E-state index in [4.69, 9.17) is 21.1 Å². The second kappa shape index (κ2) is 5.41. The van der Waals surface area contributed by atoms with E-state index in [2.05, 4.69) is 0 Å². The first-order valence-corrected chi connectivity index (χ1v) is 5.47. The van der Waals surface area contributed by atoms with Gasteiger partial charge in [0.25, 0.3) is 0 Å². The van der Waals surface area contributed by atoms with Crippen LogP contribution < -0.4 is 9.47 Å². The number of aliphatic hydroxyl groups is 1. The monoisotopic (exact) mass is 244 g/mol. The second-order valence-corrected chi connectivity index (χ2v) is 4.14. The largest absolute Gasteiger partial charge is 0.493 e. The Labute approximate surface area is 101 Å². The molecule has 0 bridgehead atoms. The zero-order chi connectivity index (χ0) is 12.3. The lowest BCUT2D eigenvalue weighted by Crippen LogP contribution is -2.07. The number of ether oxygens (including phenoxy) is 2. The van der Waals surface area contributed by atoms with Gasteiger partial charge in [-0.15, -0.1) is 0 Å². The molecule has 0 aromatic heterocycles. The maximum atomic E-state index is 9.40. The highest BCUT2D eigenvalue weighted by Gasteiger charge is 2.16. The number of hydrogen-bond donors (Lipinski definition) is 1. The van der Waals surface area contributed by atoms with E-state index in [9.17, 15) is 5.11 Å². The maximum absolute atomic E-state index is 9.40. The van der Waals surface area contributed by atoms with Crippen LogP contribution in [0, 0.1) is 6.92 Å². The Hall–Kier alpha value is -0.930. The molecular weight excluding hydrogens is 228 g/mol. The van der Waals surface area contributed by atoms with Crippen molar-refractivity contribution in [3.8, 4) is 11.5 Å². The standard InChI is InChI=1S/C12H17ClO3/c1-7(14)5-9-6-10(15-3)12(16-4)11(13)8(9)2/h6-7,14H,5H2,1-4H3. The van der Waals surface area contributed by atoms with Crippen LogP contribution in [-0.4, -0.2) is 25.4 Å². The summed E-state index contributed by atoms with van der Waals surface area (Å²) >= 11 is 6.18. The van der Waals surface area contributed by atoms with Crippen molar-refractivity contribution in [3.05, 3.63) is 22.2 Å². The van der Waals surface area contributed by atoms with Crippen LogP contribution in [0.1, 0.15) is 18.1 Å². The molecule has 1 rings (SSSR count). The molecule has 0 saturated heterocycles. The van der Waals surface area contributed by atoms with Crippen LogP contribution in [0.4, 0.5) is 0 Å². The Balaban J connectivity index is 3.27. The third kappa shape index (κ3) is 2.60. The van der Waals surface area contributed by atoms with Gasteiger partial charge in [0.15, 0.2) is 11.5 Å². The highest BCUT2D eigenvalue weighted by molar-refractivity contribution is 6.33. The van der Waals surface area contributed by atoms with E-state index in [0.29, 0.717) is 22.9 Å². The van der Waals surface area contributed by atoms with Crippen LogP contribution >= 0.6 is 11.6 Å². The number of aliphatic hydroxyl groups excluding tert-OH is 1. The van der Waals surface area contributed by atoms with Crippen molar-refractivity contribution in [2.24, 2.45) is 0 Å². The number of halogens is 1. The van der Waals surface area contributed by atoms with E-state index in [1.165, 1.54) is 0 Å². The van der Waals surface area contributed by atoms with Gasteiger partial charge in [0.2, 0.25) is 0 Å². The summed E-state index contributed by atoms with van der Waals surface area (Å²) in [6.07, 6.45) is 0.138. The predicted molar refractivity (Wildman–Crippen MR) is 64.7 cm³/mol. The summed E-state index contributed by atoms with van der Waals surface area (Å²) < 4.78 is 10.4. The Bertz CT molecular complexity index is 375. The van der Waals surface area contributed by atoms with Crippen LogP contribution in [-0.2, 0) is 6.42 Å². The fraction of sp³-hybridized carbons (Fsp3) is 0.500. The Morgan fingerprint density at radius 1 is 1.38 bits per heavy atom. The van der Waals surface area contributed by atoms with Gasteiger partial charge in [-0.1, -0.05) is 11.6 Å². The van der Waals surface area contributed by atoms with Crippen molar-refractivity contribution in [1.29, 1.82) is 0 Å². The van der Waals surface area contributed by atoms with Crippen molar-refractivity contribution in [2.45, 2.75) is 26.4 Å². The van der Waals surface area contributed by atoms with Gasteiger partial charge in [0.05, 0.1) is 25.3 Å². The molecule has 0 aliphatic carbocycles. The first-order chi connectivity index (χ1) is 7.51. The van der Waals surface area contributed by atoms with Crippen molar-refractivity contribution < 1.29 is 14.6 Å². The van der Waals surface area contributed by atoms with E-state index < -0.39 is 6.10 Å². The zero-order valence-electron chi connectivity index (χ0n) is 10.0. The molecule has 0 saturated carbocycles. The highest BCUT2D eigenvalue weighted by atomic mass is 35.5. The molecule has 0 aliphatic heterocycles. The normalized spacial score (nSPS) is 12.4. The van der Waals surface area contributed by atoms with Crippen molar-refractivity contribution >= 4 is 11.6 Å².